The van der Waals surface area contributed by atoms with E-state index in [9.17, 15) is 106 Å². The molecule has 624 valence electrons. The summed E-state index contributed by atoms with van der Waals surface area (Å²) in [5, 5.41) is 197. The van der Waals surface area contributed by atoms with Crippen LogP contribution in [0.5, 0.6) is 0 Å². The Hall–Kier alpha value is -3.42. The Bertz CT molecular complexity index is 2500. The van der Waals surface area contributed by atoms with Crippen LogP contribution in [-0.4, -0.2) is 321 Å². The molecule has 28 atom stereocenters. The minimum absolute atomic E-state index is 0.135. The minimum atomic E-state index is -3.38. The van der Waals surface area contributed by atoms with Gasteiger partial charge < -0.3 is 150 Å². The first kappa shape index (κ1) is 94.2. The maximum Gasteiger partial charge on any atom is 0.364 e. The van der Waals surface area contributed by atoms with Crippen molar-refractivity contribution in [2.75, 3.05) is 39.6 Å². The zero-order valence-electron chi connectivity index (χ0n) is 62.8. The number of carboxylic acids is 1. The highest BCUT2D eigenvalue weighted by Crippen LogP contribution is 2.41. The van der Waals surface area contributed by atoms with E-state index in [0.717, 1.165) is 71.6 Å². The number of carboxylic acid groups (broad SMARTS) is 1. The molecule has 0 aromatic heterocycles. The predicted molar refractivity (Wildman–Crippen MR) is 378 cm³/mol. The van der Waals surface area contributed by atoms with E-state index >= 15 is 0 Å². The highest BCUT2D eigenvalue weighted by atomic mass is 16.8. The molecule has 0 spiro atoms. The maximum absolute atomic E-state index is 13.8. The summed E-state index contributed by atoms with van der Waals surface area (Å²) in [5.41, 5.74) is 0. The topological polar surface area (TPSA) is 541 Å². The lowest BCUT2D eigenvalue weighted by Crippen LogP contribution is -2.72. The van der Waals surface area contributed by atoms with E-state index in [1.54, 1.807) is 6.08 Å². The van der Waals surface area contributed by atoms with Crippen molar-refractivity contribution in [2.24, 2.45) is 0 Å². The van der Waals surface area contributed by atoms with Gasteiger partial charge in [0, 0.05) is 26.7 Å². The van der Waals surface area contributed by atoms with Gasteiger partial charge in [0.25, 0.3) is 5.79 Å². The van der Waals surface area contributed by atoms with Gasteiger partial charge in [-0.1, -0.05) is 180 Å². The normalized spacial score (nSPS) is 34.6. The lowest BCUT2D eigenvalue weighted by molar-refractivity contribution is -0.403. The fourth-order valence-electron chi connectivity index (χ4n) is 14.3. The van der Waals surface area contributed by atoms with Crippen LogP contribution in [0, 0.1) is 0 Å². The van der Waals surface area contributed by atoms with Crippen molar-refractivity contribution >= 4 is 23.7 Å². The molecule has 0 saturated carbocycles. The highest BCUT2D eigenvalue weighted by Gasteiger charge is 2.62. The highest BCUT2D eigenvalue weighted by molar-refractivity contribution is 5.77. The number of aliphatic carboxylic acids is 1. The number of carbonyl (C=O) groups excluding carboxylic acids is 3. The van der Waals surface area contributed by atoms with Gasteiger partial charge in [-0.2, -0.15) is 0 Å². The summed E-state index contributed by atoms with van der Waals surface area (Å²) in [6.45, 7) is 0.317. The van der Waals surface area contributed by atoms with E-state index < -0.39 is 235 Å². The number of carbonyl (C=O) groups is 4. The summed E-state index contributed by atoms with van der Waals surface area (Å²) in [7, 11) is 0. The third kappa shape index (κ3) is 29.2. The van der Waals surface area contributed by atoms with Crippen LogP contribution < -0.4 is 16.0 Å². The minimum Gasteiger partial charge on any atom is -0.477 e. The van der Waals surface area contributed by atoms with E-state index in [4.69, 9.17) is 47.4 Å². The quantitative estimate of drug-likeness (QED) is 0.0255. The molecule has 0 aromatic rings. The van der Waals surface area contributed by atoms with Crippen molar-refractivity contribution in [3.8, 4) is 0 Å². The third-order valence-electron chi connectivity index (χ3n) is 20.6. The first-order valence-electron chi connectivity index (χ1n) is 39.1. The Morgan fingerprint density at radius 2 is 0.925 bits per heavy atom. The molecule has 0 aliphatic carbocycles. The second kappa shape index (κ2) is 49.9. The van der Waals surface area contributed by atoms with Gasteiger partial charge in [0.1, 0.15) is 116 Å². The average Bonchev–Trinajstić information content (AvgIpc) is 0.750. The molecule has 27 unspecified atom stereocenters. The molecule has 5 aliphatic rings. The lowest BCUT2D eigenvalue weighted by Gasteiger charge is -2.52. The van der Waals surface area contributed by atoms with E-state index in [2.05, 4.69) is 29.8 Å². The van der Waals surface area contributed by atoms with E-state index in [-0.39, 0.29) is 12.3 Å². The Balaban J connectivity index is 1.40. The maximum atomic E-state index is 13.8. The van der Waals surface area contributed by atoms with E-state index in [1.165, 1.54) is 103 Å². The fourth-order valence-corrected chi connectivity index (χ4v) is 14.3. The largest absolute Gasteiger partial charge is 0.477 e. The summed E-state index contributed by atoms with van der Waals surface area (Å²) in [6, 6.07) is -4.81. The molecule has 3 amide bonds. The van der Waals surface area contributed by atoms with E-state index in [0.29, 0.717) is 12.8 Å². The fraction of sp³-hybridized carbons (Fsp3) is 0.918. The standard InChI is InChI=1S/C73H131N3O31/c1-5-7-9-11-13-15-17-19-20-22-24-26-28-30-32-34-52(87)76-44(45(84)33-31-29-27-25-23-21-18-16-14-12-10-8-6-2)41-98-69-61(94)59(92)63(50(39-80)101-69)103-71-62(95)67(107-73(72(96)97)35-46(85)53(74-42(3)82)66(106-73)55(88)47(86)36-77)64(51(40-81)102-71)104-68-54(75-43(4)83)65(57(90)49(38-79)99-68)105-70-60(93)58(91)56(89)48(37-78)100-70/h31,33,44-51,53-71,77-81,84-86,88-95H,5-30,32,34-41H2,1-4H3,(H,74,82)(H,75,83)(H,76,87)(H,96,97)/t44?,45?,46?,47?,48?,49?,50?,51?,53?,54?,55?,56?,57?,58?,59?,60?,61?,62?,63?,64?,65?,66?,67?,68?,69?,70?,71?,73-/m0/s1. The molecule has 5 rings (SSSR count). The number of aliphatic hydroxyl groups is 16. The molecule has 5 aliphatic heterocycles. The first-order valence-corrected chi connectivity index (χ1v) is 39.1. The van der Waals surface area contributed by atoms with Gasteiger partial charge in [0.2, 0.25) is 17.7 Å². The predicted octanol–water partition coefficient (Wildman–Crippen LogP) is -1.04. The number of hydrogen-bond donors (Lipinski definition) is 20. The summed E-state index contributed by atoms with van der Waals surface area (Å²) < 4.78 is 60.1. The summed E-state index contributed by atoms with van der Waals surface area (Å²) >= 11 is 0. The number of aliphatic hydroxyl groups excluding tert-OH is 16. The van der Waals surface area contributed by atoms with E-state index in [1.807, 2.05) is 6.08 Å². The van der Waals surface area contributed by atoms with Gasteiger partial charge in [-0.25, -0.2) is 4.79 Å². The first-order chi connectivity index (χ1) is 51.3. The second-order valence-electron chi connectivity index (χ2n) is 29.3. The summed E-state index contributed by atoms with van der Waals surface area (Å²) in [6.07, 6.45) is -16.8. The average molecular weight is 1550 g/mol. The zero-order valence-corrected chi connectivity index (χ0v) is 62.8. The number of amides is 3. The van der Waals surface area contributed by atoms with Crippen LogP contribution in [0.25, 0.3) is 0 Å². The van der Waals surface area contributed by atoms with Crippen molar-refractivity contribution in [2.45, 2.75) is 385 Å². The molecule has 0 bridgehead atoms. The third-order valence-corrected chi connectivity index (χ3v) is 20.6. The Morgan fingerprint density at radius 1 is 0.486 bits per heavy atom. The van der Waals surface area contributed by atoms with Crippen molar-refractivity contribution in [1.29, 1.82) is 0 Å². The van der Waals surface area contributed by atoms with Crippen molar-refractivity contribution < 1.29 is 153 Å². The molecule has 107 heavy (non-hydrogen) atoms. The van der Waals surface area contributed by atoms with Crippen LogP contribution in [0.15, 0.2) is 12.2 Å². The van der Waals surface area contributed by atoms with Gasteiger partial charge in [0.15, 0.2) is 25.2 Å². The molecule has 34 nitrogen and oxygen atoms in total. The number of allylic oxidation sites excluding steroid dienone is 1. The van der Waals surface area contributed by atoms with Gasteiger partial charge in [-0.05, 0) is 19.3 Å². The Labute approximate surface area is 627 Å². The van der Waals surface area contributed by atoms with Crippen LogP contribution >= 0.6 is 0 Å². The molecular formula is C73H131N3O31. The Kier molecular flexibility index (Phi) is 44.0. The van der Waals surface area contributed by atoms with Crippen LogP contribution in [0.4, 0.5) is 0 Å². The number of hydrogen-bond acceptors (Lipinski definition) is 30. The molecule has 0 radical (unpaired) electrons. The van der Waals surface area contributed by atoms with Crippen LogP contribution in [0.1, 0.15) is 214 Å². The summed E-state index contributed by atoms with van der Waals surface area (Å²) in [5.74, 6) is -7.71. The van der Waals surface area contributed by atoms with Gasteiger partial charge in [0.05, 0.1) is 63.9 Å². The molecule has 5 fully saturated rings. The smallest absolute Gasteiger partial charge is 0.364 e. The van der Waals surface area contributed by atoms with Gasteiger partial charge in [-0.15, -0.1) is 0 Å². The SMILES string of the molecule is CCCCCCCCCCCCCC=CC(O)C(COC1OC(CO)C(OC2OC(CO)C(OC3OC(CO)C(O)C(OC4OC(CO)C(O)C(O)C4O)C3NC(C)=O)C(O[C@]3(C(=O)O)CC(O)C(NC(C)=O)C(C(O)C(O)CO)O3)C2O)C(O)C1O)NC(=O)CCCCCCCCCCCCCCCCC. The number of rotatable bonds is 52. The lowest BCUT2D eigenvalue weighted by atomic mass is 9.88. The number of nitrogens with one attached hydrogen (secondary N) is 3. The molecular weight excluding hydrogens is 1410 g/mol. The van der Waals surface area contributed by atoms with Crippen molar-refractivity contribution in [3.63, 3.8) is 0 Å². The number of unbranched alkanes of at least 4 members (excludes halogenated alkanes) is 25. The van der Waals surface area contributed by atoms with Crippen LogP contribution in [0.3, 0.4) is 0 Å². The van der Waals surface area contributed by atoms with Gasteiger partial charge in [-0.3, -0.25) is 14.4 Å². The molecule has 5 heterocycles. The Morgan fingerprint density at radius 3 is 1.44 bits per heavy atom. The molecule has 34 heteroatoms. The zero-order chi connectivity index (χ0) is 78.8. The van der Waals surface area contributed by atoms with Crippen molar-refractivity contribution in [3.05, 3.63) is 12.2 Å². The van der Waals surface area contributed by atoms with Crippen LogP contribution in [-0.2, 0) is 66.5 Å². The monoisotopic (exact) mass is 1550 g/mol. The van der Waals surface area contributed by atoms with Crippen molar-refractivity contribution in [1.82, 2.24) is 16.0 Å². The molecule has 0 aromatic carbocycles. The van der Waals surface area contributed by atoms with Crippen LogP contribution in [0.2, 0.25) is 0 Å². The second-order valence-corrected chi connectivity index (χ2v) is 29.3. The molecule has 5 saturated heterocycles. The van der Waals surface area contributed by atoms with Gasteiger partial charge >= 0.3 is 5.97 Å². The molecule has 20 N–H and O–H groups in total. The number of ether oxygens (including phenoxy) is 10. The summed E-state index contributed by atoms with van der Waals surface area (Å²) in [4.78, 5) is 53.0.